The molecule has 0 bridgehead atoms. The van der Waals surface area contributed by atoms with Gasteiger partial charge in [-0.05, 0) is 69.2 Å². The van der Waals surface area contributed by atoms with E-state index in [2.05, 4.69) is 36.9 Å². The minimum Gasteiger partial charge on any atom is -0.323 e. The van der Waals surface area contributed by atoms with Crippen LogP contribution in [0.3, 0.4) is 0 Å². The molecule has 2 fully saturated rings. The van der Waals surface area contributed by atoms with Crippen LogP contribution in [0, 0.1) is 19.3 Å². The summed E-state index contributed by atoms with van der Waals surface area (Å²) >= 11 is 0. The Hall–Kier alpha value is -0.860. The molecule has 0 amide bonds. The SMILES string of the molecule is Cc1ccc(C(N)CN2CCC3(CCCC3)CC2)c(C)c1. The molecule has 1 heterocycles. The highest BCUT2D eigenvalue weighted by molar-refractivity contribution is 5.32. The van der Waals surface area contributed by atoms with E-state index in [1.54, 1.807) is 0 Å². The fourth-order valence-electron chi connectivity index (χ4n) is 4.45. The van der Waals surface area contributed by atoms with Crippen LogP contribution in [0.5, 0.6) is 0 Å². The van der Waals surface area contributed by atoms with Gasteiger partial charge in [0.2, 0.25) is 0 Å². The van der Waals surface area contributed by atoms with Crippen molar-refractivity contribution >= 4 is 0 Å². The molecule has 1 unspecified atom stereocenters. The molecule has 116 valence electrons. The van der Waals surface area contributed by atoms with Crippen LogP contribution in [0.2, 0.25) is 0 Å². The number of benzene rings is 1. The van der Waals surface area contributed by atoms with Crippen molar-refractivity contribution < 1.29 is 0 Å². The second-order valence-corrected chi connectivity index (χ2v) is 7.47. The van der Waals surface area contributed by atoms with E-state index in [0.29, 0.717) is 5.41 Å². The number of piperidine rings is 1. The fourth-order valence-corrected chi connectivity index (χ4v) is 4.45. The molecule has 1 saturated heterocycles. The van der Waals surface area contributed by atoms with Gasteiger partial charge in [0.15, 0.2) is 0 Å². The van der Waals surface area contributed by atoms with E-state index in [0.717, 1.165) is 6.54 Å². The Morgan fingerprint density at radius 3 is 2.38 bits per heavy atom. The molecule has 1 spiro atoms. The number of hydrogen-bond donors (Lipinski definition) is 1. The molecule has 1 atom stereocenters. The van der Waals surface area contributed by atoms with Crippen molar-refractivity contribution in [3.8, 4) is 0 Å². The van der Waals surface area contributed by atoms with Crippen LogP contribution in [-0.2, 0) is 0 Å². The molecule has 0 radical (unpaired) electrons. The Morgan fingerprint density at radius 1 is 1.10 bits per heavy atom. The normalized spacial score (nSPS) is 23.6. The van der Waals surface area contributed by atoms with Crippen LogP contribution in [0.1, 0.15) is 61.3 Å². The maximum Gasteiger partial charge on any atom is 0.0426 e. The van der Waals surface area contributed by atoms with E-state index in [-0.39, 0.29) is 6.04 Å². The molecule has 1 aliphatic heterocycles. The second kappa shape index (κ2) is 6.10. The van der Waals surface area contributed by atoms with Crippen molar-refractivity contribution in [1.82, 2.24) is 4.90 Å². The molecule has 3 rings (SSSR count). The van der Waals surface area contributed by atoms with Crippen molar-refractivity contribution in [2.24, 2.45) is 11.1 Å². The smallest absolute Gasteiger partial charge is 0.0426 e. The lowest BCUT2D eigenvalue weighted by Crippen LogP contribution is -2.42. The van der Waals surface area contributed by atoms with Crippen molar-refractivity contribution in [2.45, 2.75) is 58.4 Å². The lowest BCUT2D eigenvalue weighted by molar-refractivity contribution is 0.104. The Balaban J connectivity index is 1.57. The van der Waals surface area contributed by atoms with Crippen LogP contribution in [0.4, 0.5) is 0 Å². The molecule has 1 aromatic rings. The number of nitrogens with two attached hydrogens (primary N) is 1. The summed E-state index contributed by atoms with van der Waals surface area (Å²) in [5.41, 5.74) is 11.2. The van der Waals surface area contributed by atoms with Crippen LogP contribution in [0.15, 0.2) is 18.2 Å². The number of nitrogens with zero attached hydrogens (tertiary/aromatic N) is 1. The Labute approximate surface area is 129 Å². The third-order valence-corrected chi connectivity index (χ3v) is 5.86. The van der Waals surface area contributed by atoms with E-state index in [1.165, 1.54) is 68.3 Å². The maximum atomic E-state index is 6.48. The first-order valence-electron chi connectivity index (χ1n) is 8.63. The molecule has 2 N–H and O–H groups in total. The van der Waals surface area contributed by atoms with Crippen molar-refractivity contribution in [2.75, 3.05) is 19.6 Å². The average Bonchev–Trinajstić information content (AvgIpc) is 2.90. The molecule has 1 aliphatic carbocycles. The van der Waals surface area contributed by atoms with Crippen molar-refractivity contribution in [3.05, 3.63) is 34.9 Å². The molecular weight excluding hydrogens is 256 g/mol. The first-order chi connectivity index (χ1) is 10.1. The molecule has 2 nitrogen and oxygen atoms in total. The predicted octanol–water partition coefficient (Wildman–Crippen LogP) is 3.96. The molecule has 2 heteroatoms. The van der Waals surface area contributed by atoms with Crippen molar-refractivity contribution in [3.63, 3.8) is 0 Å². The first kappa shape index (κ1) is 15.1. The van der Waals surface area contributed by atoms with Gasteiger partial charge in [-0.3, -0.25) is 0 Å². The fraction of sp³-hybridized carbons (Fsp3) is 0.684. The van der Waals surface area contributed by atoms with Gasteiger partial charge >= 0.3 is 0 Å². The lowest BCUT2D eigenvalue weighted by atomic mass is 9.77. The standard InChI is InChI=1S/C19H30N2/c1-15-5-6-17(16(2)13-15)18(20)14-21-11-9-19(10-12-21)7-3-4-8-19/h5-6,13,18H,3-4,7-12,14,20H2,1-2H3. The van der Waals surface area contributed by atoms with Crippen LogP contribution in [0.25, 0.3) is 0 Å². The monoisotopic (exact) mass is 286 g/mol. The number of hydrogen-bond acceptors (Lipinski definition) is 2. The highest BCUT2D eigenvalue weighted by atomic mass is 15.1. The largest absolute Gasteiger partial charge is 0.323 e. The molecule has 0 aromatic heterocycles. The summed E-state index contributed by atoms with van der Waals surface area (Å²) in [7, 11) is 0. The second-order valence-electron chi connectivity index (χ2n) is 7.47. The Bertz CT molecular complexity index is 478. The van der Waals surface area contributed by atoms with Gasteiger partial charge in [0.25, 0.3) is 0 Å². The predicted molar refractivity (Wildman–Crippen MR) is 89.4 cm³/mol. The molecule has 2 aliphatic rings. The minimum atomic E-state index is 0.156. The van der Waals surface area contributed by atoms with Gasteiger partial charge in [-0.1, -0.05) is 36.6 Å². The molecule has 1 aromatic carbocycles. The molecule has 1 saturated carbocycles. The Morgan fingerprint density at radius 2 is 1.76 bits per heavy atom. The number of rotatable bonds is 3. The summed E-state index contributed by atoms with van der Waals surface area (Å²) in [6, 6.07) is 6.81. The summed E-state index contributed by atoms with van der Waals surface area (Å²) < 4.78 is 0. The summed E-state index contributed by atoms with van der Waals surface area (Å²) in [6.45, 7) is 7.84. The van der Waals surface area contributed by atoms with E-state index in [4.69, 9.17) is 5.73 Å². The minimum absolute atomic E-state index is 0.156. The van der Waals surface area contributed by atoms with Crippen LogP contribution < -0.4 is 5.73 Å². The van der Waals surface area contributed by atoms with Crippen molar-refractivity contribution in [1.29, 1.82) is 0 Å². The van der Waals surface area contributed by atoms with Gasteiger partial charge in [0.1, 0.15) is 0 Å². The van der Waals surface area contributed by atoms with Crippen LogP contribution >= 0.6 is 0 Å². The average molecular weight is 286 g/mol. The zero-order valence-electron chi connectivity index (χ0n) is 13.7. The number of aryl methyl sites for hydroxylation is 2. The van der Waals surface area contributed by atoms with Gasteiger partial charge < -0.3 is 10.6 Å². The molecular formula is C19H30N2. The van der Waals surface area contributed by atoms with Gasteiger partial charge in [-0.25, -0.2) is 0 Å². The summed E-state index contributed by atoms with van der Waals surface area (Å²) in [5.74, 6) is 0. The third-order valence-electron chi connectivity index (χ3n) is 5.86. The zero-order chi connectivity index (χ0) is 14.9. The van der Waals surface area contributed by atoms with Gasteiger partial charge in [0, 0.05) is 12.6 Å². The highest BCUT2D eigenvalue weighted by Crippen LogP contribution is 2.46. The van der Waals surface area contributed by atoms with Gasteiger partial charge in [0.05, 0.1) is 0 Å². The zero-order valence-corrected chi connectivity index (χ0v) is 13.7. The van der Waals surface area contributed by atoms with Crippen LogP contribution in [-0.4, -0.2) is 24.5 Å². The summed E-state index contributed by atoms with van der Waals surface area (Å²) in [6.07, 6.45) is 8.66. The van der Waals surface area contributed by atoms with Gasteiger partial charge in [-0.2, -0.15) is 0 Å². The van der Waals surface area contributed by atoms with E-state index >= 15 is 0 Å². The third kappa shape index (κ3) is 3.32. The number of likely N-dealkylation sites (tertiary alicyclic amines) is 1. The quantitative estimate of drug-likeness (QED) is 0.911. The maximum absolute atomic E-state index is 6.48. The summed E-state index contributed by atoms with van der Waals surface area (Å²) in [5, 5.41) is 0. The van der Waals surface area contributed by atoms with Gasteiger partial charge in [-0.15, -0.1) is 0 Å². The summed E-state index contributed by atoms with van der Waals surface area (Å²) in [4.78, 5) is 2.59. The first-order valence-corrected chi connectivity index (χ1v) is 8.63. The lowest BCUT2D eigenvalue weighted by Gasteiger charge is -2.40. The molecule has 21 heavy (non-hydrogen) atoms. The Kier molecular flexibility index (Phi) is 4.37. The van der Waals surface area contributed by atoms with E-state index in [1.807, 2.05) is 0 Å². The highest BCUT2D eigenvalue weighted by Gasteiger charge is 2.37. The van der Waals surface area contributed by atoms with E-state index in [9.17, 15) is 0 Å². The topological polar surface area (TPSA) is 29.3 Å². The van der Waals surface area contributed by atoms with E-state index < -0.39 is 0 Å².